The molecule has 2 aromatic carbocycles. The Morgan fingerprint density at radius 3 is 2.37 bits per heavy atom. The maximum Gasteiger partial charge on any atom is 0.339 e. The maximum atomic E-state index is 13.1. The second-order valence-electron chi connectivity index (χ2n) is 5.93. The number of rotatable bonds is 8. The van der Waals surface area contributed by atoms with Crippen molar-refractivity contribution in [1.82, 2.24) is 5.32 Å². The van der Waals surface area contributed by atoms with Gasteiger partial charge in [0.25, 0.3) is 5.91 Å². The first-order valence-electron chi connectivity index (χ1n) is 8.64. The zero-order valence-electron chi connectivity index (χ0n) is 15.8. The van der Waals surface area contributed by atoms with Gasteiger partial charge in [-0.2, -0.15) is 0 Å². The van der Waals surface area contributed by atoms with Gasteiger partial charge in [-0.05, 0) is 24.3 Å². The molecular weight excluding hydrogens is 422 g/mol. The van der Waals surface area contributed by atoms with Crippen LogP contribution in [0.25, 0.3) is 0 Å². The van der Waals surface area contributed by atoms with Crippen LogP contribution in [0.4, 0.5) is 14.5 Å². The number of ether oxygens (including phenoxy) is 1. The van der Waals surface area contributed by atoms with Gasteiger partial charge in [-0.15, -0.1) is 0 Å². The Morgan fingerprint density at radius 1 is 1.00 bits per heavy atom. The van der Waals surface area contributed by atoms with Crippen molar-refractivity contribution >= 4 is 33.3 Å². The molecule has 0 saturated carbocycles. The van der Waals surface area contributed by atoms with Crippen LogP contribution in [0.3, 0.4) is 0 Å². The monoisotopic (exact) mass is 440 g/mol. The van der Waals surface area contributed by atoms with Crippen molar-refractivity contribution in [2.75, 3.05) is 24.2 Å². The molecule has 30 heavy (non-hydrogen) atoms. The summed E-state index contributed by atoms with van der Waals surface area (Å²) in [6, 6.07) is 8.18. The van der Waals surface area contributed by atoms with Crippen LogP contribution in [0.5, 0.6) is 0 Å². The van der Waals surface area contributed by atoms with E-state index >= 15 is 0 Å². The van der Waals surface area contributed by atoms with Gasteiger partial charge in [0.2, 0.25) is 5.91 Å². The predicted molar refractivity (Wildman–Crippen MR) is 102 cm³/mol. The van der Waals surface area contributed by atoms with Crippen LogP contribution in [-0.4, -0.2) is 45.1 Å². The molecule has 2 rings (SSSR count). The van der Waals surface area contributed by atoms with Crippen molar-refractivity contribution in [3.8, 4) is 0 Å². The van der Waals surface area contributed by atoms with Gasteiger partial charge in [0.1, 0.15) is 0 Å². The van der Waals surface area contributed by atoms with E-state index in [1.54, 1.807) is 0 Å². The average molecular weight is 440 g/mol. The Morgan fingerprint density at radius 2 is 1.70 bits per heavy atom. The lowest BCUT2D eigenvalue weighted by Crippen LogP contribution is -2.35. The molecule has 0 aliphatic carbocycles. The molecule has 160 valence electrons. The Labute approximate surface area is 171 Å². The van der Waals surface area contributed by atoms with Gasteiger partial charge in [0.05, 0.1) is 22.8 Å². The molecule has 0 bridgehead atoms. The summed E-state index contributed by atoms with van der Waals surface area (Å²) in [5.74, 6) is -4.99. The van der Waals surface area contributed by atoms with Crippen molar-refractivity contribution in [1.29, 1.82) is 0 Å². The predicted octanol–water partition coefficient (Wildman–Crippen LogP) is 1.67. The van der Waals surface area contributed by atoms with Crippen LogP contribution >= 0.6 is 0 Å². The minimum absolute atomic E-state index is 0.00619. The molecule has 2 aromatic rings. The van der Waals surface area contributed by atoms with Crippen LogP contribution in [0.2, 0.25) is 0 Å². The molecule has 0 radical (unpaired) electrons. The van der Waals surface area contributed by atoms with E-state index in [-0.39, 0.29) is 21.9 Å². The van der Waals surface area contributed by atoms with E-state index in [2.05, 4.69) is 10.6 Å². The highest BCUT2D eigenvalue weighted by Gasteiger charge is 2.22. The molecule has 0 fully saturated rings. The highest BCUT2D eigenvalue weighted by molar-refractivity contribution is 7.91. The number of nitrogens with one attached hydrogen (secondary N) is 2. The highest BCUT2D eigenvalue weighted by atomic mass is 32.2. The summed E-state index contributed by atoms with van der Waals surface area (Å²) in [6.45, 7) is 0.157. The number of halogens is 2. The summed E-state index contributed by atoms with van der Waals surface area (Å²) in [5, 5.41) is 4.43. The lowest BCUT2D eigenvalue weighted by molar-refractivity contribution is -0.126. The van der Waals surface area contributed by atoms with Crippen molar-refractivity contribution in [2.24, 2.45) is 0 Å². The zero-order chi connectivity index (χ0) is 22.3. The average Bonchev–Trinajstić information content (AvgIpc) is 2.73. The largest absolute Gasteiger partial charge is 0.452 e. The van der Waals surface area contributed by atoms with Crippen molar-refractivity contribution in [2.45, 2.75) is 11.8 Å². The molecule has 0 saturated heterocycles. The molecule has 0 heterocycles. The SMILES string of the molecule is CCS(=O)(=O)c1ccccc1C(=O)OCC(=O)NCC(=O)Nc1ccc(F)c(F)c1. The Balaban J connectivity index is 1.87. The first kappa shape index (κ1) is 22.9. The fraction of sp³-hybridized carbons (Fsp3) is 0.211. The third-order valence-corrected chi connectivity index (χ3v) is 5.59. The number of carbonyl (C=O) groups excluding carboxylic acids is 3. The van der Waals surface area contributed by atoms with E-state index in [1.165, 1.54) is 31.2 Å². The molecule has 0 aliphatic heterocycles. The van der Waals surface area contributed by atoms with Gasteiger partial charge < -0.3 is 15.4 Å². The normalized spacial score (nSPS) is 10.9. The number of esters is 1. The van der Waals surface area contributed by atoms with E-state index in [0.717, 1.165) is 18.2 Å². The zero-order valence-corrected chi connectivity index (χ0v) is 16.6. The maximum absolute atomic E-state index is 13.1. The summed E-state index contributed by atoms with van der Waals surface area (Å²) in [4.78, 5) is 35.5. The molecule has 2 amide bonds. The summed E-state index contributed by atoms with van der Waals surface area (Å²) in [5.41, 5.74) is -0.212. The second kappa shape index (κ2) is 9.92. The van der Waals surface area contributed by atoms with Gasteiger partial charge >= 0.3 is 5.97 Å². The van der Waals surface area contributed by atoms with Gasteiger partial charge in [-0.25, -0.2) is 22.0 Å². The second-order valence-corrected chi connectivity index (χ2v) is 8.18. The standard InChI is InChI=1S/C19H18F2N2O6S/c1-2-30(27,28)16-6-4-3-5-13(16)19(26)29-11-18(25)22-10-17(24)23-12-7-8-14(20)15(21)9-12/h3-9H,2,10-11H2,1H3,(H,22,25)(H,23,24). The summed E-state index contributed by atoms with van der Waals surface area (Å²) in [7, 11) is -3.67. The minimum atomic E-state index is -3.67. The number of amides is 2. The van der Waals surface area contributed by atoms with Crippen molar-refractivity contribution in [3.05, 3.63) is 59.7 Å². The molecular formula is C19H18F2N2O6S. The number of anilines is 1. The third kappa shape index (κ3) is 6.08. The van der Waals surface area contributed by atoms with Crippen LogP contribution in [0.1, 0.15) is 17.3 Å². The third-order valence-electron chi connectivity index (χ3n) is 3.81. The molecule has 0 atom stereocenters. The Bertz CT molecular complexity index is 1070. The molecule has 11 heteroatoms. The first-order valence-corrected chi connectivity index (χ1v) is 10.3. The number of benzene rings is 2. The summed E-state index contributed by atoms with van der Waals surface area (Å²) >= 11 is 0. The molecule has 0 unspecified atom stereocenters. The fourth-order valence-corrected chi connectivity index (χ4v) is 3.36. The van der Waals surface area contributed by atoms with E-state index in [4.69, 9.17) is 4.74 Å². The Hall–Kier alpha value is -3.34. The smallest absolute Gasteiger partial charge is 0.339 e. The lowest BCUT2D eigenvalue weighted by Gasteiger charge is -2.10. The number of sulfone groups is 1. The summed E-state index contributed by atoms with van der Waals surface area (Å²) in [6.07, 6.45) is 0. The minimum Gasteiger partial charge on any atom is -0.452 e. The molecule has 0 aliphatic rings. The molecule has 2 N–H and O–H groups in total. The fourth-order valence-electron chi connectivity index (χ4n) is 2.28. The van der Waals surface area contributed by atoms with Gasteiger partial charge in [0, 0.05) is 11.8 Å². The van der Waals surface area contributed by atoms with E-state index < -0.39 is 52.4 Å². The molecule has 0 spiro atoms. The van der Waals surface area contributed by atoms with Crippen molar-refractivity contribution in [3.63, 3.8) is 0 Å². The van der Waals surface area contributed by atoms with Crippen molar-refractivity contribution < 1.29 is 36.3 Å². The van der Waals surface area contributed by atoms with Crippen LogP contribution in [0.15, 0.2) is 47.4 Å². The van der Waals surface area contributed by atoms with Crippen LogP contribution in [0, 0.1) is 11.6 Å². The highest BCUT2D eigenvalue weighted by Crippen LogP contribution is 2.18. The molecule has 0 aromatic heterocycles. The van der Waals surface area contributed by atoms with Gasteiger partial charge in [-0.1, -0.05) is 19.1 Å². The number of carbonyl (C=O) groups is 3. The van der Waals surface area contributed by atoms with Gasteiger partial charge in [-0.3, -0.25) is 9.59 Å². The first-order chi connectivity index (χ1) is 14.1. The van der Waals surface area contributed by atoms with E-state index in [0.29, 0.717) is 0 Å². The number of hydrogen-bond acceptors (Lipinski definition) is 6. The molecule has 8 nitrogen and oxygen atoms in total. The van der Waals surface area contributed by atoms with E-state index in [1.807, 2.05) is 0 Å². The van der Waals surface area contributed by atoms with Gasteiger partial charge in [0.15, 0.2) is 28.1 Å². The van der Waals surface area contributed by atoms with E-state index in [9.17, 15) is 31.6 Å². The quantitative estimate of drug-likeness (QED) is 0.603. The van der Waals surface area contributed by atoms with Crippen LogP contribution < -0.4 is 10.6 Å². The summed E-state index contributed by atoms with van der Waals surface area (Å²) < 4.78 is 54.9. The number of hydrogen-bond donors (Lipinski definition) is 2. The topological polar surface area (TPSA) is 119 Å². The Kier molecular flexibility index (Phi) is 7.59. The van der Waals surface area contributed by atoms with Crippen LogP contribution in [-0.2, 0) is 24.2 Å². The lowest BCUT2D eigenvalue weighted by atomic mass is 10.2.